The molecule has 3 atom stereocenters. The van der Waals surface area contributed by atoms with Crippen molar-refractivity contribution in [1.82, 2.24) is 15.0 Å². The zero-order valence-corrected chi connectivity index (χ0v) is 21.1. The van der Waals surface area contributed by atoms with Gasteiger partial charge in [0.1, 0.15) is 16.7 Å². The number of benzene rings is 1. The number of anilines is 1. The van der Waals surface area contributed by atoms with E-state index in [9.17, 15) is 4.39 Å². The first-order valence-corrected chi connectivity index (χ1v) is 13.2. The van der Waals surface area contributed by atoms with E-state index in [0.29, 0.717) is 11.8 Å². The highest BCUT2D eigenvalue weighted by Gasteiger charge is 2.65. The minimum absolute atomic E-state index is 0.0337. The number of nitrogens with zero attached hydrogens (tertiary/aromatic N) is 4. The maximum atomic E-state index is 14.7. The number of fused-ring (bicyclic) bond motifs is 2. The number of halogens is 1. The Morgan fingerprint density at radius 3 is 2.63 bits per heavy atom. The number of hydrogen-bond donors (Lipinski definition) is 0. The maximum absolute atomic E-state index is 14.7. The fourth-order valence-corrected chi connectivity index (χ4v) is 7.13. The minimum atomic E-state index is -0.0593. The van der Waals surface area contributed by atoms with Crippen LogP contribution in [0.5, 0.6) is 0 Å². The van der Waals surface area contributed by atoms with E-state index in [1.807, 2.05) is 37.4 Å². The molecule has 2 unspecified atom stereocenters. The van der Waals surface area contributed by atoms with Crippen LogP contribution in [0.3, 0.4) is 0 Å². The van der Waals surface area contributed by atoms with Crippen LogP contribution in [0.15, 0.2) is 70.7 Å². The Labute approximate surface area is 210 Å². The van der Waals surface area contributed by atoms with Gasteiger partial charge in [0.15, 0.2) is 0 Å². The molecule has 1 aromatic carbocycles. The highest BCUT2D eigenvalue weighted by Crippen LogP contribution is 2.65. The number of hydrogen-bond acceptors (Lipinski definition) is 5. The van der Waals surface area contributed by atoms with Crippen molar-refractivity contribution in [2.75, 3.05) is 18.0 Å². The molecule has 4 nitrogen and oxygen atoms in total. The smallest absolute Gasteiger partial charge is 0.129 e. The maximum Gasteiger partial charge on any atom is 0.129 e. The third-order valence-corrected chi connectivity index (χ3v) is 9.33. The van der Waals surface area contributed by atoms with Crippen molar-refractivity contribution >= 4 is 28.6 Å². The largest absolute Gasteiger partial charge is 0.356 e. The van der Waals surface area contributed by atoms with Crippen molar-refractivity contribution < 1.29 is 4.39 Å². The minimum Gasteiger partial charge on any atom is -0.356 e. The van der Waals surface area contributed by atoms with Crippen LogP contribution in [0.2, 0.25) is 0 Å². The van der Waals surface area contributed by atoms with Crippen molar-refractivity contribution in [2.45, 2.75) is 48.9 Å². The summed E-state index contributed by atoms with van der Waals surface area (Å²) in [5, 5.41) is 0.956. The first kappa shape index (κ1) is 22.5. The summed E-state index contributed by atoms with van der Waals surface area (Å²) in [6, 6.07) is 17.7. The lowest BCUT2D eigenvalue weighted by Gasteiger charge is -2.27. The highest BCUT2D eigenvalue weighted by molar-refractivity contribution is 7.99. The summed E-state index contributed by atoms with van der Waals surface area (Å²) in [6.07, 6.45) is 3.90. The van der Waals surface area contributed by atoms with Crippen LogP contribution in [0.1, 0.15) is 36.6 Å². The molecule has 178 valence electrons. The monoisotopic (exact) mass is 484 g/mol. The van der Waals surface area contributed by atoms with Gasteiger partial charge in [0, 0.05) is 35.3 Å². The number of pyridine rings is 3. The predicted molar refractivity (Wildman–Crippen MR) is 140 cm³/mol. The van der Waals surface area contributed by atoms with Crippen LogP contribution in [-0.4, -0.2) is 28.0 Å². The fourth-order valence-electron chi connectivity index (χ4n) is 6.19. The van der Waals surface area contributed by atoms with Gasteiger partial charge in [0.05, 0.1) is 11.0 Å². The molecule has 1 saturated heterocycles. The molecular weight excluding hydrogens is 455 g/mol. The van der Waals surface area contributed by atoms with Crippen LogP contribution in [0.25, 0.3) is 11.0 Å². The summed E-state index contributed by atoms with van der Waals surface area (Å²) in [6.45, 7) is 8.22. The zero-order valence-electron chi connectivity index (χ0n) is 20.3. The Bertz CT molecular complexity index is 1420. The molecule has 2 fully saturated rings. The van der Waals surface area contributed by atoms with E-state index in [1.54, 1.807) is 23.9 Å². The molecule has 0 N–H and O–H groups in total. The third-order valence-electron chi connectivity index (χ3n) is 8.23. The average Bonchev–Trinajstić information content (AvgIpc) is 3.54. The van der Waals surface area contributed by atoms with Gasteiger partial charge in [-0.2, -0.15) is 0 Å². The van der Waals surface area contributed by atoms with Crippen LogP contribution in [0, 0.1) is 31.5 Å². The van der Waals surface area contributed by atoms with Crippen molar-refractivity contribution in [3.8, 4) is 0 Å². The molecule has 1 saturated carbocycles. The highest BCUT2D eigenvalue weighted by atomic mass is 32.2. The van der Waals surface area contributed by atoms with Gasteiger partial charge in [-0.05, 0) is 86.1 Å². The molecule has 0 radical (unpaired) electrons. The predicted octanol–water partition coefficient (Wildman–Crippen LogP) is 6.74. The Balaban J connectivity index is 1.23. The Kier molecular flexibility index (Phi) is 5.52. The van der Waals surface area contributed by atoms with Gasteiger partial charge < -0.3 is 4.90 Å². The van der Waals surface area contributed by atoms with Gasteiger partial charge in [-0.15, -0.1) is 0 Å². The summed E-state index contributed by atoms with van der Waals surface area (Å²) < 4.78 is 14.7. The second kappa shape index (κ2) is 8.59. The quantitative estimate of drug-likeness (QED) is 0.314. The number of piperidine rings is 1. The van der Waals surface area contributed by atoms with E-state index in [1.165, 1.54) is 10.5 Å². The van der Waals surface area contributed by atoms with Gasteiger partial charge in [-0.3, -0.25) is 4.98 Å². The summed E-state index contributed by atoms with van der Waals surface area (Å²) in [5.74, 6) is 1.96. The van der Waals surface area contributed by atoms with E-state index in [-0.39, 0.29) is 11.2 Å². The lowest BCUT2D eigenvalue weighted by molar-refractivity contribution is 0.516. The molecule has 3 aromatic heterocycles. The lowest BCUT2D eigenvalue weighted by atomic mass is 9.88. The Morgan fingerprint density at radius 1 is 1.00 bits per heavy atom. The third kappa shape index (κ3) is 3.70. The van der Waals surface area contributed by atoms with E-state index in [2.05, 4.69) is 41.9 Å². The van der Waals surface area contributed by atoms with E-state index >= 15 is 0 Å². The molecule has 35 heavy (non-hydrogen) atoms. The van der Waals surface area contributed by atoms with E-state index < -0.39 is 0 Å². The van der Waals surface area contributed by atoms with Crippen LogP contribution >= 0.6 is 11.8 Å². The van der Waals surface area contributed by atoms with Crippen LogP contribution in [0.4, 0.5) is 10.2 Å². The zero-order chi connectivity index (χ0) is 24.2. The van der Waals surface area contributed by atoms with Gasteiger partial charge in [-0.25, -0.2) is 14.4 Å². The van der Waals surface area contributed by atoms with Gasteiger partial charge in [-0.1, -0.05) is 36.9 Å². The average molecular weight is 485 g/mol. The first-order chi connectivity index (χ1) is 17.0. The molecule has 1 aliphatic carbocycles. The summed E-state index contributed by atoms with van der Waals surface area (Å²) in [4.78, 5) is 17.7. The van der Waals surface area contributed by atoms with Gasteiger partial charge >= 0.3 is 0 Å². The van der Waals surface area contributed by atoms with E-state index in [0.717, 1.165) is 59.1 Å². The molecule has 0 spiro atoms. The topological polar surface area (TPSA) is 41.9 Å². The number of aryl methyl sites for hydroxylation is 1. The van der Waals surface area contributed by atoms with E-state index in [4.69, 9.17) is 9.97 Å². The standard InChI is InChI=1S/C29H29FN4S/c1-4-29(21-7-5-6-8-23(21)30)20-14-16-34(17-22(20)29)27-11-9-25-24(32-27)10-12-28(33-25)35-26-13-15-31-19(3)18(26)2/h5-13,15,20,22H,4,14,16-17H2,1-3H3/t20?,22?,29-/m1/s1. The molecular formula is C29H29FN4S. The number of rotatable bonds is 5. The van der Waals surface area contributed by atoms with Crippen LogP contribution < -0.4 is 4.90 Å². The van der Waals surface area contributed by atoms with Crippen molar-refractivity contribution in [2.24, 2.45) is 11.8 Å². The summed E-state index contributed by atoms with van der Waals surface area (Å²) in [5.41, 5.74) is 4.91. The summed E-state index contributed by atoms with van der Waals surface area (Å²) >= 11 is 1.66. The van der Waals surface area contributed by atoms with Crippen molar-refractivity contribution in [3.63, 3.8) is 0 Å². The molecule has 6 heteroatoms. The SMILES string of the molecule is CC[C@]1(c2ccccc2F)C2CCN(c3ccc4nc(Sc5ccnc(C)c5C)ccc4n3)CC21. The molecule has 2 aliphatic rings. The Morgan fingerprint density at radius 2 is 1.80 bits per heavy atom. The first-order valence-electron chi connectivity index (χ1n) is 12.4. The second-order valence-electron chi connectivity index (χ2n) is 9.80. The molecule has 0 amide bonds. The molecule has 6 rings (SSSR count). The second-order valence-corrected chi connectivity index (χ2v) is 10.9. The van der Waals surface area contributed by atoms with Crippen LogP contribution in [-0.2, 0) is 5.41 Å². The number of aromatic nitrogens is 3. The molecule has 0 bridgehead atoms. The fraction of sp³-hybridized carbons (Fsp3) is 0.345. The normalized spacial score (nSPS) is 23.4. The van der Waals surface area contributed by atoms with Crippen molar-refractivity contribution in [1.29, 1.82) is 0 Å². The molecule has 4 heterocycles. The van der Waals surface area contributed by atoms with Gasteiger partial charge in [0.2, 0.25) is 0 Å². The van der Waals surface area contributed by atoms with Gasteiger partial charge in [0.25, 0.3) is 0 Å². The summed E-state index contributed by atoms with van der Waals surface area (Å²) in [7, 11) is 0. The lowest BCUT2D eigenvalue weighted by Crippen LogP contribution is -2.32. The molecule has 1 aliphatic heterocycles. The molecule has 4 aromatic rings. The Hall–Kier alpha value is -2.99. The van der Waals surface area contributed by atoms with Crippen molar-refractivity contribution in [3.05, 3.63) is 83.4 Å².